The zero-order valence-electron chi connectivity index (χ0n) is 11.1. The number of carboxylic acid groups (broad SMARTS) is 1. The SMILES string of the molecule is Cc1cc(NC(=O)CC2CCCCC2)sc1C(=O)O. The Morgan fingerprint density at radius 2 is 2.05 bits per heavy atom. The van der Waals surface area contributed by atoms with Gasteiger partial charge in [0.1, 0.15) is 4.88 Å². The van der Waals surface area contributed by atoms with Gasteiger partial charge in [-0.25, -0.2) is 4.79 Å². The van der Waals surface area contributed by atoms with Crippen molar-refractivity contribution in [2.24, 2.45) is 5.92 Å². The lowest BCUT2D eigenvalue weighted by molar-refractivity contribution is -0.117. The van der Waals surface area contributed by atoms with E-state index in [0.29, 0.717) is 27.8 Å². The molecule has 0 saturated heterocycles. The van der Waals surface area contributed by atoms with Crippen molar-refractivity contribution in [3.8, 4) is 0 Å². The van der Waals surface area contributed by atoms with Gasteiger partial charge in [0.2, 0.25) is 5.91 Å². The Hall–Kier alpha value is -1.36. The maximum atomic E-state index is 11.9. The molecule has 0 unspecified atom stereocenters. The summed E-state index contributed by atoms with van der Waals surface area (Å²) in [5.41, 5.74) is 0.700. The van der Waals surface area contributed by atoms with Crippen LogP contribution in [-0.2, 0) is 4.79 Å². The second-order valence-electron chi connectivity index (χ2n) is 5.18. The average molecular weight is 281 g/mol. The van der Waals surface area contributed by atoms with Gasteiger partial charge in [0.15, 0.2) is 0 Å². The number of rotatable bonds is 4. The summed E-state index contributed by atoms with van der Waals surface area (Å²) < 4.78 is 0. The lowest BCUT2D eigenvalue weighted by atomic mass is 9.87. The van der Waals surface area contributed by atoms with Crippen molar-refractivity contribution >= 4 is 28.2 Å². The average Bonchev–Trinajstić information content (AvgIpc) is 2.71. The van der Waals surface area contributed by atoms with Crippen molar-refractivity contribution in [2.75, 3.05) is 5.32 Å². The first-order valence-electron chi connectivity index (χ1n) is 6.70. The molecule has 0 aromatic carbocycles. The lowest BCUT2D eigenvalue weighted by Gasteiger charge is -2.20. The number of carbonyl (C=O) groups is 2. The van der Waals surface area contributed by atoms with Gasteiger partial charge in [-0.3, -0.25) is 4.79 Å². The van der Waals surface area contributed by atoms with E-state index >= 15 is 0 Å². The summed E-state index contributed by atoms with van der Waals surface area (Å²) >= 11 is 1.13. The molecule has 4 nitrogen and oxygen atoms in total. The first-order chi connectivity index (χ1) is 9.06. The third kappa shape index (κ3) is 3.80. The molecule has 19 heavy (non-hydrogen) atoms. The molecule has 1 heterocycles. The van der Waals surface area contributed by atoms with E-state index in [1.54, 1.807) is 13.0 Å². The maximum Gasteiger partial charge on any atom is 0.346 e. The van der Waals surface area contributed by atoms with Gasteiger partial charge < -0.3 is 10.4 Å². The molecule has 0 spiro atoms. The predicted octanol–water partition coefficient (Wildman–Crippen LogP) is 3.66. The number of nitrogens with one attached hydrogen (secondary N) is 1. The molecule has 0 radical (unpaired) electrons. The standard InChI is InChI=1S/C14H19NO3S/c1-9-7-12(19-13(9)14(17)18)15-11(16)8-10-5-3-2-4-6-10/h7,10H,2-6,8H2,1H3,(H,15,16)(H,17,18). The minimum Gasteiger partial charge on any atom is -0.477 e. The highest BCUT2D eigenvalue weighted by atomic mass is 32.1. The molecule has 1 aliphatic rings. The third-order valence-electron chi connectivity index (χ3n) is 3.57. The largest absolute Gasteiger partial charge is 0.477 e. The van der Waals surface area contributed by atoms with Crippen LogP contribution in [0.2, 0.25) is 0 Å². The molecule has 1 aromatic heterocycles. The highest BCUT2D eigenvalue weighted by Crippen LogP contribution is 2.29. The Balaban J connectivity index is 1.91. The van der Waals surface area contributed by atoms with Gasteiger partial charge in [0.25, 0.3) is 0 Å². The Morgan fingerprint density at radius 1 is 1.37 bits per heavy atom. The molecule has 2 rings (SSSR count). The van der Waals surface area contributed by atoms with Crippen LogP contribution in [0.3, 0.4) is 0 Å². The Kier molecular flexibility index (Phi) is 4.58. The molecule has 104 valence electrons. The second kappa shape index (κ2) is 6.19. The van der Waals surface area contributed by atoms with Crippen molar-refractivity contribution in [1.82, 2.24) is 0 Å². The lowest BCUT2D eigenvalue weighted by Crippen LogP contribution is -2.17. The second-order valence-corrected chi connectivity index (χ2v) is 6.24. The maximum absolute atomic E-state index is 11.9. The van der Waals surface area contributed by atoms with Gasteiger partial charge in [-0.2, -0.15) is 0 Å². The first kappa shape index (κ1) is 14.1. The molecule has 1 amide bonds. The van der Waals surface area contributed by atoms with Crippen LogP contribution in [0.5, 0.6) is 0 Å². The first-order valence-corrected chi connectivity index (χ1v) is 7.51. The van der Waals surface area contributed by atoms with E-state index in [2.05, 4.69) is 5.32 Å². The van der Waals surface area contributed by atoms with Crippen molar-refractivity contribution in [3.63, 3.8) is 0 Å². The van der Waals surface area contributed by atoms with E-state index in [1.165, 1.54) is 19.3 Å². The zero-order chi connectivity index (χ0) is 13.8. The molecule has 0 bridgehead atoms. The highest BCUT2D eigenvalue weighted by molar-refractivity contribution is 7.18. The van der Waals surface area contributed by atoms with Crippen LogP contribution in [0.1, 0.15) is 53.8 Å². The fourth-order valence-corrected chi connectivity index (χ4v) is 3.53. The molecule has 1 aliphatic carbocycles. The summed E-state index contributed by atoms with van der Waals surface area (Å²) in [5.74, 6) is -0.436. The number of aryl methyl sites for hydroxylation is 1. The molecular weight excluding hydrogens is 262 g/mol. The highest BCUT2D eigenvalue weighted by Gasteiger charge is 2.18. The fourth-order valence-electron chi connectivity index (χ4n) is 2.60. The van der Waals surface area contributed by atoms with Crippen molar-refractivity contribution in [2.45, 2.75) is 45.4 Å². The molecule has 0 atom stereocenters. The number of carboxylic acids is 1. The number of hydrogen-bond donors (Lipinski definition) is 2. The number of carbonyl (C=O) groups excluding carboxylic acids is 1. The van der Waals surface area contributed by atoms with Crippen molar-refractivity contribution in [3.05, 3.63) is 16.5 Å². The number of aromatic carboxylic acids is 1. The van der Waals surface area contributed by atoms with Crippen molar-refractivity contribution < 1.29 is 14.7 Å². The van der Waals surface area contributed by atoms with Gasteiger partial charge in [-0.05, 0) is 37.3 Å². The summed E-state index contributed by atoms with van der Waals surface area (Å²) in [4.78, 5) is 23.2. The van der Waals surface area contributed by atoms with E-state index in [0.717, 1.165) is 24.2 Å². The molecule has 1 aromatic rings. The summed E-state index contributed by atoms with van der Waals surface area (Å²) in [5, 5.41) is 12.4. The van der Waals surface area contributed by atoms with Gasteiger partial charge >= 0.3 is 5.97 Å². The third-order valence-corrected chi connectivity index (χ3v) is 4.71. The summed E-state index contributed by atoms with van der Waals surface area (Å²) in [7, 11) is 0. The topological polar surface area (TPSA) is 66.4 Å². The van der Waals surface area contributed by atoms with Crippen LogP contribution in [0, 0.1) is 12.8 Å². The summed E-state index contributed by atoms with van der Waals surface area (Å²) in [6.07, 6.45) is 6.55. The Morgan fingerprint density at radius 3 is 2.63 bits per heavy atom. The minimum absolute atomic E-state index is 0.00471. The molecular formula is C14H19NO3S. The number of anilines is 1. The normalized spacial score (nSPS) is 16.3. The van der Waals surface area contributed by atoms with Crippen LogP contribution in [0.25, 0.3) is 0 Å². The quantitative estimate of drug-likeness (QED) is 0.885. The van der Waals surface area contributed by atoms with Gasteiger partial charge in [0, 0.05) is 6.42 Å². The van der Waals surface area contributed by atoms with Gasteiger partial charge in [-0.1, -0.05) is 19.3 Å². The van der Waals surface area contributed by atoms with Crippen LogP contribution in [-0.4, -0.2) is 17.0 Å². The molecule has 1 saturated carbocycles. The number of hydrogen-bond acceptors (Lipinski definition) is 3. The van der Waals surface area contributed by atoms with Crippen LogP contribution < -0.4 is 5.32 Å². The summed E-state index contributed by atoms with van der Waals surface area (Å²) in [6, 6.07) is 1.73. The minimum atomic E-state index is -0.935. The number of thiophene rings is 1. The van der Waals surface area contributed by atoms with Gasteiger partial charge in [0.05, 0.1) is 5.00 Å². The monoisotopic (exact) mass is 281 g/mol. The van der Waals surface area contributed by atoms with E-state index in [9.17, 15) is 9.59 Å². The fraction of sp³-hybridized carbons (Fsp3) is 0.571. The smallest absolute Gasteiger partial charge is 0.346 e. The molecule has 0 aliphatic heterocycles. The van der Waals surface area contributed by atoms with Crippen LogP contribution in [0.4, 0.5) is 5.00 Å². The summed E-state index contributed by atoms with van der Waals surface area (Å²) in [6.45, 7) is 1.75. The van der Waals surface area contributed by atoms with E-state index < -0.39 is 5.97 Å². The molecule has 2 N–H and O–H groups in total. The van der Waals surface area contributed by atoms with E-state index in [4.69, 9.17) is 5.11 Å². The number of amides is 1. The van der Waals surface area contributed by atoms with Gasteiger partial charge in [-0.15, -0.1) is 11.3 Å². The predicted molar refractivity (Wildman–Crippen MR) is 75.8 cm³/mol. The van der Waals surface area contributed by atoms with Crippen molar-refractivity contribution in [1.29, 1.82) is 0 Å². The Labute approximate surface area is 116 Å². The van der Waals surface area contributed by atoms with Crippen LogP contribution >= 0.6 is 11.3 Å². The Bertz CT molecular complexity index is 475. The molecule has 1 fully saturated rings. The molecule has 5 heteroatoms. The van der Waals surface area contributed by atoms with E-state index in [-0.39, 0.29) is 5.91 Å². The van der Waals surface area contributed by atoms with Crippen LogP contribution in [0.15, 0.2) is 6.07 Å². The van der Waals surface area contributed by atoms with E-state index in [1.807, 2.05) is 0 Å². The zero-order valence-corrected chi connectivity index (χ0v) is 11.9.